The van der Waals surface area contributed by atoms with Crippen molar-refractivity contribution in [3.8, 4) is 5.75 Å². The van der Waals surface area contributed by atoms with Gasteiger partial charge in [-0.1, -0.05) is 12.1 Å². The number of hydrogen-bond donors (Lipinski definition) is 3. The summed E-state index contributed by atoms with van der Waals surface area (Å²) in [5.41, 5.74) is 6.22. The number of primary amides is 1. The fraction of sp³-hybridized carbons (Fsp3) is 0.529. The van der Waals surface area contributed by atoms with Gasteiger partial charge < -0.3 is 21.1 Å². The van der Waals surface area contributed by atoms with E-state index < -0.39 is 5.91 Å². The van der Waals surface area contributed by atoms with Gasteiger partial charge in [-0.3, -0.25) is 9.79 Å². The zero-order chi connectivity index (χ0) is 18.0. The minimum atomic E-state index is -0.480. The van der Waals surface area contributed by atoms with Crippen LogP contribution in [0.15, 0.2) is 29.3 Å². The maximum absolute atomic E-state index is 10.7. The first kappa shape index (κ1) is 23.8. The van der Waals surface area contributed by atoms with Gasteiger partial charge in [0, 0.05) is 24.9 Å². The second-order valence-electron chi connectivity index (χ2n) is 5.97. The molecule has 1 aromatic rings. The minimum absolute atomic E-state index is 0. The molecule has 0 saturated carbocycles. The van der Waals surface area contributed by atoms with Gasteiger partial charge in [-0.25, -0.2) is 0 Å². The molecule has 0 radical (unpaired) electrons. The molecular formula is C17H29IN4O2S. The molecule has 0 bridgehead atoms. The summed E-state index contributed by atoms with van der Waals surface area (Å²) >= 11 is 1.82. The lowest BCUT2D eigenvalue weighted by atomic mass is 10.1. The summed E-state index contributed by atoms with van der Waals surface area (Å²) in [6, 6.07) is 7.63. The Kier molecular flexibility index (Phi) is 11.7. The quantitative estimate of drug-likeness (QED) is 0.286. The van der Waals surface area contributed by atoms with Crippen LogP contribution in [-0.4, -0.2) is 49.6 Å². The van der Waals surface area contributed by atoms with E-state index in [1.165, 1.54) is 5.56 Å². The predicted molar refractivity (Wildman–Crippen MR) is 117 cm³/mol. The second-order valence-corrected chi connectivity index (χ2v) is 7.48. The SMILES string of the molecule is CN=C(NCCc1ccc(OCC(N)=O)cc1)NCC(C)(C)SC.I. The third kappa shape index (κ3) is 10.4. The van der Waals surface area contributed by atoms with Gasteiger partial charge in [0.2, 0.25) is 0 Å². The maximum Gasteiger partial charge on any atom is 0.255 e. The number of ether oxygens (including phenoxy) is 1. The van der Waals surface area contributed by atoms with Gasteiger partial charge in [0.25, 0.3) is 5.91 Å². The Hall–Kier alpha value is -1.16. The van der Waals surface area contributed by atoms with Gasteiger partial charge in [-0.15, -0.1) is 24.0 Å². The Balaban J connectivity index is 0.00000576. The maximum atomic E-state index is 10.7. The molecule has 8 heteroatoms. The fourth-order valence-corrected chi connectivity index (χ4v) is 2.04. The zero-order valence-electron chi connectivity index (χ0n) is 15.3. The van der Waals surface area contributed by atoms with E-state index in [0.29, 0.717) is 5.75 Å². The van der Waals surface area contributed by atoms with Gasteiger partial charge in [-0.2, -0.15) is 11.8 Å². The Morgan fingerprint density at radius 1 is 1.28 bits per heavy atom. The predicted octanol–water partition coefficient (Wildman–Crippen LogP) is 2.02. The number of hydrogen-bond acceptors (Lipinski definition) is 4. The molecule has 0 aliphatic carbocycles. The molecule has 1 aromatic carbocycles. The number of thioether (sulfide) groups is 1. The molecule has 0 unspecified atom stereocenters. The third-order valence-corrected chi connectivity index (χ3v) is 4.72. The smallest absolute Gasteiger partial charge is 0.255 e. The summed E-state index contributed by atoms with van der Waals surface area (Å²) in [6.07, 6.45) is 2.97. The van der Waals surface area contributed by atoms with Gasteiger partial charge in [0.1, 0.15) is 5.75 Å². The molecule has 0 saturated heterocycles. The van der Waals surface area contributed by atoms with Crippen LogP contribution in [0.1, 0.15) is 19.4 Å². The van der Waals surface area contributed by atoms with Crippen molar-refractivity contribution in [2.75, 3.05) is 33.0 Å². The standard InChI is InChI=1S/C17H28N4O2S.HI/c1-17(2,24-4)12-21-16(19-3)20-10-9-13-5-7-14(8-6-13)23-11-15(18)22;/h5-8H,9-12H2,1-4H3,(H2,18,22)(H2,19,20,21);1H. The first-order chi connectivity index (χ1) is 11.4. The molecule has 1 amide bonds. The number of rotatable bonds is 9. The van der Waals surface area contributed by atoms with E-state index in [0.717, 1.165) is 25.5 Å². The van der Waals surface area contributed by atoms with Crippen molar-refractivity contribution in [2.45, 2.75) is 25.0 Å². The molecular weight excluding hydrogens is 451 g/mol. The molecule has 6 nitrogen and oxygen atoms in total. The Labute approximate surface area is 171 Å². The first-order valence-electron chi connectivity index (χ1n) is 7.86. The summed E-state index contributed by atoms with van der Waals surface area (Å²) < 4.78 is 5.40. The number of halogens is 1. The summed E-state index contributed by atoms with van der Waals surface area (Å²) in [5, 5.41) is 6.64. The van der Waals surface area contributed by atoms with Crippen molar-refractivity contribution in [3.63, 3.8) is 0 Å². The van der Waals surface area contributed by atoms with Gasteiger partial charge in [0.05, 0.1) is 0 Å². The Bertz CT molecular complexity index is 550. The topological polar surface area (TPSA) is 88.7 Å². The van der Waals surface area contributed by atoms with Crippen LogP contribution in [-0.2, 0) is 11.2 Å². The number of benzene rings is 1. The van der Waals surface area contributed by atoms with Crippen LogP contribution in [0.4, 0.5) is 0 Å². The van der Waals surface area contributed by atoms with Crippen LogP contribution in [0.2, 0.25) is 0 Å². The number of nitrogens with one attached hydrogen (secondary N) is 2. The average molecular weight is 480 g/mol. The number of carbonyl (C=O) groups excluding carboxylic acids is 1. The summed E-state index contributed by atoms with van der Waals surface area (Å²) in [5.74, 6) is 0.965. The van der Waals surface area contributed by atoms with Crippen molar-refractivity contribution >= 4 is 47.6 Å². The number of aliphatic imine (C=N–C) groups is 1. The molecule has 1 rings (SSSR count). The highest BCUT2D eigenvalue weighted by Crippen LogP contribution is 2.19. The number of nitrogens with two attached hydrogens (primary N) is 1. The van der Waals surface area contributed by atoms with Crippen LogP contribution in [0.3, 0.4) is 0 Å². The van der Waals surface area contributed by atoms with Crippen molar-refractivity contribution in [2.24, 2.45) is 10.7 Å². The first-order valence-corrected chi connectivity index (χ1v) is 9.08. The van der Waals surface area contributed by atoms with E-state index in [-0.39, 0.29) is 35.3 Å². The molecule has 0 spiro atoms. The van der Waals surface area contributed by atoms with Crippen LogP contribution < -0.4 is 21.1 Å². The fourth-order valence-electron chi connectivity index (χ4n) is 1.82. The van der Waals surface area contributed by atoms with Crippen molar-refractivity contribution in [1.29, 1.82) is 0 Å². The van der Waals surface area contributed by atoms with E-state index in [1.54, 1.807) is 7.05 Å². The van der Waals surface area contributed by atoms with Crippen LogP contribution in [0.5, 0.6) is 5.75 Å². The third-order valence-electron chi connectivity index (χ3n) is 3.47. The van der Waals surface area contributed by atoms with Gasteiger partial charge in [0.15, 0.2) is 12.6 Å². The molecule has 0 aromatic heterocycles. The van der Waals surface area contributed by atoms with E-state index in [1.807, 2.05) is 36.0 Å². The lowest BCUT2D eigenvalue weighted by Crippen LogP contribution is -2.43. The molecule has 0 aliphatic rings. The van der Waals surface area contributed by atoms with Gasteiger partial charge >= 0.3 is 0 Å². The lowest BCUT2D eigenvalue weighted by Gasteiger charge is -2.23. The summed E-state index contributed by atoms with van der Waals surface area (Å²) in [7, 11) is 1.77. The van der Waals surface area contributed by atoms with Crippen molar-refractivity contribution in [3.05, 3.63) is 29.8 Å². The highest BCUT2D eigenvalue weighted by molar-refractivity contribution is 14.0. The average Bonchev–Trinajstić information content (AvgIpc) is 2.57. The summed E-state index contributed by atoms with van der Waals surface area (Å²) in [6.45, 7) is 5.91. The molecule has 0 fully saturated rings. The Morgan fingerprint density at radius 2 is 1.92 bits per heavy atom. The van der Waals surface area contributed by atoms with Crippen LogP contribution in [0.25, 0.3) is 0 Å². The number of carbonyl (C=O) groups is 1. The lowest BCUT2D eigenvalue weighted by molar-refractivity contribution is -0.119. The van der Waals surface area contributed by atoms with Crippen LogP contribution in [0, 0.1) is 0 Å². The largest absolute Gasteiger partial charge is 0.484 e. The van der Waals surface area contributed by atoms with E-state index >= 15 is 0 Å². The second kappa shape index (κ2) is 12.2. The van der Waals surface area contributed by atoms with Crippen molar-refractivity contribution < 1.29 is 9.53 Å². The Morgan fingerprint density at radius 3 is 2.44 bits per heavy atom. The van der Waals surface area contributed by atoms with E-state index in [9.17, 15) is 4.79 Å². The van der Waals surface area contributed by atoms with Crippen molar-refractivity contribution in [1.82, 2.24) is 10.6 Å². The molecule has 25 heavy (non-hydrogen) atoms. The van der Waals surface area contributed by atoms with E-state index in [4.69, 9.17) is 10.5 Å². The highest BCUT2D eigenvalue weighted by Gasteiger charge is 2.15. The highest BCUT2D eigenvalue weighted by atomic mass is 127. The molecule has 4 N–H and O–H groups in total. The zero-order valence-corrected chi connectivity index (χ0v) is 18.4. The molecule has 0 aliphatic heterocycles. The van der Waals surface area contributed by atoms with Crippen LogP contribution >= 0.6 is 35.7 Å². The molecule has 142 valence electrons. The monoisotopic (exact) mass is 480 g/mol. The minimum Gasteiger partial charge on any atom is -0.484 e. The number of guanidine groups is 1. The number of amides is 1. The molecule has 0 heterocycles. The van der Waals surface area contributed by atoms with Gasteiger partial charge in [-0.05, 0) is 44.2 Å². The number of nitrogens with zero attached hydrogens (tertiary/aromatic N) is 1. The molecule has 0 atom stereocenters. The summed E-state index contributed by atoms with van der Waals surface area (Å²) in [4.78, 5) is 14.9. The normalized spacial score (nSPS) is 11.4. The van der Waals surface area contributed by atoms with E-state index in [2.05, 4.69) is 35.7 Å².